The first-order valence-electron chi connectivity index (χ1n) is 10.2. The SMILES string of the molecule is C/C(=C\n1c2c(c3cc(C)ccc31)CN(C)CC2)CC1(O)CCCCC1. The zero-order valence-corrected chi connectivity index (χ0v) is 16.5. The monoisotopic (exact) mass is 352 g/mol. The third-order valence-electron chi connectivity index (χ3n) is 6.28. The Bertz CT molecular complexity index is 840. The van der Waals surface area contributed by atoms with E-state index in [9.17, 15) is 5.11 Å². The summed E-state index contributed by atoms with van der Waals surface area (Å²) in [5.74, 6) is 0. The van der Waals surface area contributed by atoms with E-state index in [0.29, 0.717) is 0 Å². The molecule has 0 saturated heterocycles. The number of hydrogen-bond donors (Lipinski definition) is 1. The molecule has 2 aliphatic rings. The number of fused-ring (bicyclic) bond motifs is 3. The lowest BCUT2D eigenvalue weighted by molar-refractivity contribution is 0.00473. The largest absolute Gasteiger partial charge is 0.390 e. The lowest BCUT2D eigenvalue weighted by Crippen LogP contribution is -2.31. The number of nitrogens with zero attached hydrogens (tertiary/aromatic N) is 2. The minimum Gasteiger partial charge on any atom is -0.390 e. The van der Waals surface area contributed by atoms with Gasteiger partial charge in [-0.3, -0.25) is 0 Å². The summed E-state index contributed by atoms with van der Waals surface area (Å²) in [5, 5.41) is 12.3. The molecule has 0 spiro atoms. The second-order valence-electron chi connectivity index (χ2n) is 8.74. The van der Waals surface area contributed by atoms with Crippen LogP contribution in [-0.4, -0.2) is 33.8 Å². The molecule has 1 aliphatic carbocycles. The molecular weight excluding hydrogens is 320 g/mol. The molecule has 0 unspecified atom stereocenters. The second-order valence-corrected chi connectivity index (χ2v) is 8.74. The molecule has 1 N–H and O–H groups in total. The summed E-state index contributed by atoms with van der Waals surface area (Å²) in [7, 11) is 2.21. The van der Waals surface area contributed by atoms with Gasteiger partial charge in [0.25, 0.3) is 0 Å². The molecule has 0 bridgehead atoms. The Morgan fingerprint density at radius 3 is 2.77 bits per heavy atom. The van der Waals surface area contributed by atoms with Crippen molar-refractivity contribution in [3.05, 3.63) is 40.6 Å². The Kier molecular flexibility index (Phi) is 4.70. The summed E-state index contributed by atoms with van der Waals surface area (Å²) < 4.78 is 2.42. The third kappa shape index (κ3) is 3.35. The topological polar surface area (TPSA) is 28.4 Å². The predicted octanol–water partition coefficient (Wildman–Crippen LogP) is 4.88. The molecule has 1 fully saturated rings. The highest BCUT2D eigenvalue weighted by Gasteiger charge is 2.29. The molecule has 0 atom stereocenters. The van der Waals surface area contributed by atoms with Gasteiger partial charge in [-0.2, -0.15) is 0 Å². The molecule has 1 aromatic carbocycles. The van der Waals surface area contributed by atoms with Crippen LogP contribution in [0.15, 0.2) is 23.8 Å². The normalized spacial score (nSPS) is 21.2. The molecule has 0 amide bonds. The maximum absolute atomic E-state index is 10.9. The molecule has 1 saturated carbocycles. The number of aryl methyl sites for hydroxylation is 1. The molecule has 2 heterocycles. The van der Waals surface area contributed by atoms with Gasteiger partial charge in [-0.25, -0.2) is 0 Å². The molecular formula is C23H32N2O. The van der Waals surface area contributed by atoms with Crippen molar-refractivity contribution in [3.63, 3.8) is 0 Å². The molecule has 140 valence electrons. The van der Waals surface area contributed by atoms with Crippen LogP contribution in [0.4, 0.5) is 0 Å². The summed E-state index contributed by atoms with van der Waals surface area (Å²) in [6.07, 6.45) is 9.69. The average molecular weight is 353 g/mol. The van der Waals surface area contributed by atoms with E-state index in [-0.39, 0.29) is 0 Å². The number of rotatable bonds is 3. The Morgan fingerprint density at radius 1 is 1.23 bits per heavy atom. The molecule has 3 nitrogen and oxygen atoms in total. The second kappa shape index (κ2) is 6.86. The van der Waals surface area contributed by atoms with Gasteiger partial charge in [0, 0.05) is 36.8 Å². The molecule has 26 heavy (non-hydrogen) atoms. The number of likely N-dealkylation sites (N-methyl/N-ethyl adjacent to an activating group) is 1. The highest BCUT2D eigenvalue weighted by molar-refractivity contribution is 5.88. The smallest absolute Gasteiger partial charge is 0.0685 e. The van der Waals surface area contributed by atoms with Crippen LogP contribution in [0.25, 0.3) is 17.1 Å². The summed E-state index contributed by atoms with van der Waals surface area (Å²) in [5.41, 5.74) is 6.37. The van der Waals surface area contributed by atoms with Crippen LogP contribution in [0.5, 0.6) is 0 Å². The first kappa shape index (κ1) is 17.8. The van der Waals surface area contributed by atoms with Gasteiger partial charge in [0.1, 0.15) is 0 Å². The number of aromatic nitrogens is 1. The summed E-state index contributed by atoms with van der Waals surface area (Å²) in [6.45, 7) is 6.50. The van der Waals surface area contributed by atoms with Crippen molar-refractivity contribution in [2.45, 2.75) is 70.9 Å². The molecule has 1 aromatic heterocycles. The number of hydrogen-bond acceptors (Lipinski definition) is 2. The van der Waals surface area contributed by atoms with E-state index in [2.05, 4.69) is 54.8 Å². The van der Waals surface area contributed by atoms with E-state index in [1.807, 2.05) is 0 Å². The minimum absolute atomic E-state index is 0.487. The van der Waals surface area contributed by atoms with Crippen molar-refractivity contribution < 1.29 is 5.11 Å². The van der Waals surface area contributed by atoms with Crippen LogP contribution in [0.2, 0.25) is 0 Å². The molecule has 4 rings (SSSR count). The quantitative estimate of drug-likeness (QED) is 0.852. The fourth-order valence-corrected chi connectivity index (χ4v) is 4.96. The van der Waals surface area contributed by atoms with Crippen molar-refractivity contribution in [2.24, 2.45) is 0 Å². The summed E-state index contributed by atoms with van der Waals surface area (Å²) >= 11 is 0. The minimum atomic E-state index is -0.487. The van der Waals surface area contributed by atoms with Gasteiger partial charge in [0.15, 0.2) is 0 Å². The number of aliphatic hydroxyl groups is 1. The first-order chi connectivity index (χ1) is 12.5. The van der Waals surface area contributed by atoms with E-state index in [1.165, 1.54) is 39.7 Å². The van der Waals surface area contributed by atoms with Crippen LogP contribution >= 0.6 is 0 Å². The average Bonchev–Trinajstić information content (AvgIpc) is 2.87. The highest BCUT2D eigenvalue weighted by Crippen LogP contribution is 2.35. The standard InChI is InChI=1S/C23H32N2O/c1-17-7-8-21-19(13-17)20-16-24(3)12-9-22(20)25(21)15-18(2)14-23(26)10-5-4-6-11-23/h7-8,13,15,26H,4-6,9-12,14,16H2,1-3H3/b18-15+. The van der Waals surface area contributed by atoms with E-state index in [4.69, 9.17) is 0 Å². The zero-order chi connectivity index (χ0) is 18.3. The Balaban J connectivity index is 1.74. The van der Waals surface area contributed by atoms with Crippen molar-refractivity contribution in [1.29, 1.82) is 0 Å². The first-order valence-corrected chi connectivity index (χ1v) is 10.2. The predicted molar refractivity (Wildman–Crippen MR) is 109 cm³/mol. The maximum Gasteiger partial charge on any atom is 0.0685 e. The van der Waals surface area contributed by atoms with Crippen molar-refractivity contribution in [2.75, 3.05) is 13.6 Å². The van der Waals surface area contributed by atoms with Gasteiger partial charge in [0.2, 0.25) is 0 Å². The highest BCUT2D eigenvalue weighted by atomic mass is 16.3. The zero-order valence-electron chi connectivity index (χ0n) is 16.5. The van der Waals surface area contributed by atoms with Gasteiger partial charge < -0.3 is 14.6 Å². The molecule has 1 aliphatic heterocycles. The molecule has 2 aromatic rings. The Labute approximate surface area is 157 Å². The summed E-state index contributed by atoms with van der Waals surface area (Å²) in [6, 6.07) is 6.82. The van der Waals surface area contributed by atoms with E-state index >= 15 is 0 Å². The van der Waals surface area contributed by atoms with Crippen molar-refractivity contribution >= 4 is 17.1 Å². The van der Waals surface area contributed by atoms with Crippen LogP contribution in [0.3, 0.4) is 0 Å². The molecule has 3 heteroatoms. The summed E-state index contributed by atoms with van der Waals surface area (Å²) in [4.78, 5) is 2.41. The van der Waals surface area contributed by atoms with Crippen molar-refractivity contribution in [3.8, 4) is 0 Å². The van der Waals surface area contributed by atoms with Gasteiger partial charge in [0.05, 0.1) is 11.1 Å². The number of benzene rings is 1. The maximum atomic E-state index is 10.9. The Hall–Kier alpha value is -1.58. The van der Waals surface area contributed by atoms with Gasteiger partial charge in [-0.05, 0) is 57.9 Å². The van der Waals surface area contributed by atoms with Crippen LogP contribution in [0.1, 0.15) is 62.3 Å². The van der Waals surface area contributed by atoms with Gasteiger partial charge >= 0.3 is 0 Å². The van der Waals surface area contributed by atoms with Gasteiger partial charge in [-0.1, -0.05) is 36.5 Å². The fraction of sp³-hybridized carbons (Fsp3) is 0.565. The Morgan fingerprint density at radius 2 is 2.00 bits per heavy atom. The fourth-order valence-electron chi connectivity index (χ4n) is 4.96. The van der Waals surface area contributed by atoms with E-state index < -0.39 is 5.60 Å². The van der Waals surface area contributed by atoms with Crippen LogP contribution < -0.4 is 0 Å². The van der Waals surface area contributed by atoms with E-state index in [1.54, 1.807) is 0 Å². The van der Waals surface area contributed by atoms with Gasteiger partial charge in [-0.15, -0.1) is 0 Å². The third-order valence-corrected chi connectivity index (χ3v) is 6.28. The lowest BCUT2D eigenvalue weighted by Gasteiger charge is -2.32. The van der Waals surface area contributed by atoms with Crippen LogP contribution in [0, 0.1) is 6.92 Å². The van der Waals surface area contributed by atoms with Crippen LogP contribution in [-0.2, 0) is 13.0 Å². The lowest BCUT2D eigenvalue weighted by atomic mass is 9.81. The van der Waals surface area contributed by atoms with E-state index in [0.717, 1.165) is 51.6 Å². The molecule has 0 radical (unpaired) electrons. The van der Waals surface area contributed by atoms with Crippen molar-refractivity contribution in [1.82, 2.24) is 9.47 Å².